The Hall–Kier alpha value is -2.43. The Balaban J connectivity index is 2.22. The van der Waals surface area contributed by atoms with Crippen LogP contribution in [0.4, 0.5) is 0 Å². The van der Waals surface area contributed by atoms with E-state index < -0.39 is 5.92 Å². The van der Waals surface area contributed by atoms with Crippen LogP contribution in [0.15, 0.2) is 45.5 Å². The first-order chi connectivity index (χ1) is 13.3. The van der Waals surface area contributed by atoms with Gasteiger partial charge in [-0.3, -0.25) is 9.79 Å². The van der Waals surface area contributed by atoms with Crippen molar-refractivity contribution in [2.24, 2.45) is 15.9 Å². The minimum absolute atomic E-state index is 0.223. The molecule has 1 aromatic carbocycles. The minimum Gasteiger partial charge on any atom is -0.475 e. The van der Waals surface area contributed by atoms with E-state index in [9.17, 15) is 4.79 Å². The number of carbonyl (C=O) groups is 1. The molecule has 0 fully saturated rings. The Morgan fingerprint density at radius 3 is 2.61 bits per heavy atom. The molecule has 0 aromatic heterocycles. The van der Waals surface area contributed by atoms with Crippen LogP contribution < -0.4 is 0 Å². The monoisotopic (exact) mass is 382 g/mol. The van der Waals surface area contributed by atoms with Crippen molar-refractivity contribution in [1.29, 1.82) is 0 Å². The number of aryl methyl sites for hydroxylation is 1. The molecule has 0 saturated heterocycles. The lowest BCUT2D eigenvalue weighted by molar-refractivity contribution is -0.146. The van der Waals surface area contributed by atoms with Gasteiger partial charge in [-0.25, -0.2) is 4.99 Å². The van der Waals surface area contributed by atoms with E-state index in [1.165, 1.54) is 0 Å². The molecule has 0 aliphatic carbocycles. The lowest BCUT2D eigenvalue weighted by atomic mass is 9.75. The third-order valence-electron chi connectivity index (χ3n) is 5.19. The molecular formula is C23H30N2O3. The summed E-state index contributed by atoms with van der Waals surface area (Å²) in [6.07, 6.45) is 0.743. The van der Waals surface area contributed by atoms with Crippen molar-refractivity contribution in [3.8, 4) is 0 Å². The van der Waals surface area contributed by atoms with Crippen molar-refractivity contribution in [3.05, 3.63) is 46.7 Å². The van der Waals surface area contributed by atoms with Crippen LogP contribution in [0, 0.1) is 12.8 Å². The number of hydrogen-bond donors (Lipinski definition) is 0. The quantitative estimate of drug-likeness (QED) is 0.699. The standard InChI is InChI=1S/C23H30N2O3/c1-7-17-20(21-25-23(5,6)13-28-21)19(16-11-9-10-14(3)12-16)18(15(4)24-17)22(26)27-8-2/h9-12,18-19H,7-8,13H2,1-6H3. The zero-order chi connectivity index (χ0) is 20.5. The highest BCUT2D eigenvalue weighted by atomic mass is 16.5. The highest BCUT2D eigenvalue weighted by Crippen LogP contribution is 2.42. The summed E-state index contributed by atoms with van der Waals surface area (Å²) in [5.41, 5.74) is 4.55. The molecule has 2 atom stereocenters. The summed E-state index contributed by atoms with van der Waals surface area (Å²) < 4.78 is 11.4. The van der Waals surface area contributed by atoms with Gasteiger partial charge in [-0.2, -0.15) is 0 Å². The second kappa shape index (κ2) is 7.90. The fourth-order valence-electron chi connectivity index (χ4n) is 3.94. The lowest BCUT2D eigenvalue weighted by Gasteiger charge is -2.33. The predicted octanol–water partition coefficient (Wildman–Crippen LogP) is 4.60. The number of carbonyl (C=O) groups excluding carboxylic acids is 1. The van der Waals surface area contributed by atoms with E-state index in [1.54, 1.807) is 0 Å². The van der Waals surface area contributed by atoms with E-state index in [0.717, 1.165) is 34.5 Å². The maximum absolute atomic E-state index is 13.0. The molecule has 5 heteroatoms. The van der Waals surface area contributed by atoms with E-state index in [2.05, 4.69) is 32.0 Å². The normalized spacial score (nSPS) is 23.8. The third kappa shape index (κ3) is 3.89. The van der Waals surface area contributed by atoms with Crippen LogP contribution in [0.1, 0.15) is 58.1 Å². The van der Waals surface area contributed by atoms with Gasteiger partial charge in [0.1, 0.15) is 12.5 Å². The average molecular weight is 383 g/mol. The summed E-state index contributed by atoms with van der Waals surface area (Å²) >= 11 is 0. The minimum atomic E-state index is -0.484. The van der Waals surface area contributed by atoms with Crippen molar-refractivity contribution >= 4 is 17.6 Å². The number of aliphatic imine (C=N–C) groups is 2. The summed E-state index contributed by atoms with van der Waals surface area (Å²) in [7, 11) is 0. The van der Waals surface area contributed by atoms with Gasteiger partial charge in [0.25, 0.3) is 0 Å². The zero-order valence-corrected chi connectivity index (χ0v) is 17.7. The van der Waals surface area contributed by atoms with Gasteiger partial charge in [0, 0.05) is 22.9 Å². The van der Waals surface area contributed by atoms with Crippen LogP contribution >= 0.6 is 0 Å². The molecule has 28 heavy (non-hydrogen) atoms. The molecule has 0 bridgehead atoms. The Morgan fingerprint density at radius 2 is 2.04 bits per heavy atom. The number of nitrogens with zero attached hydrogens (tertiary/aromatic N) is 2. The van der Waals surface area contributed by atoms with Gasteiger partial charge < -0.3 is 9.47 Å². The van der Waals surface area contributed by atoms with Crippen LogP contribution in [0.2, 0.25) is 0 Å². The fraction of sp³-hybridized carbons (Fsp3) is 0.522. The maximum atomic E-state index is 13.0. The molecule has 0 radical (unpaired) electrons. The van der Waals surface area contributed by atoms with E-state index in [1.807, 2.05) is 33.8 Å². The molecule has 0 saturated carbocycles. The van der Waals surface area contributed by atoms with Crippen molar-refractivity contribution < 1.29 is 14.3 Å². The maximum Gasteiger partial charge on any atom is 0.315 e. The highest BCUT2D eigenvalue weighted by Gasteiger charge is 2.43. The highest BCUT2D eigenvalue weighted by molar-refractivity contribution is 6.08. The summed E-state index contributed by atoms with van der Waals surface area (Å²) in [5, 5.41) is 0. The molecule has 2 aliphatic rings. The molecular weight excluding hydrogens is 352 g/mol. The number of rotatable bonds is 5. The van der Waals surface area contributed by atoms with Gasteiger partial charge in [-0.15, -0.1) is 0 Å². The van der Waals surface area contributed by atoms with Gasteiger partial charge in [0.2, 0.25) is 5.90 Å². The van der Waals surface area contributed by atoms with Gasteiger partial charge in [0.05, 0.1) is 12.1 Å². The van der Waals surface area contributed by atoms with Crippen LogP contribution in [0.25, 0.3) is 0 Å². The SMILES string of the molecule is CCOC(=O)C1C(C)=NC(CC)=C(C2=NC(C)(C)CO2)C1c1cccc(C)c1. The second-order valence-electron chi connectivity index (χ2n) is 8.11. The van der Waals surface area contributed by atoms with Crippen molar-refractivity contribution in [1.82, 2.24) is 0 Å². The van der Waals surface area contributed by atoms with Gasteiger partial charge >= 0.3 is 5.97 Å². The smallest absolute Gasteiger partial charge is 0.315 e. The van der Waals surface area contributed by atoms with Gasteiger partial charge in [0.15, 0.2) is 0 Å². The van der Waals surface area contributed by atoms with E-state index >= 15 is 0 Å². The molecule has 2 heterocycles. The van der Waals surface area contributed by atoms with Crippen LogP contribution in [0.3, 0.4) is 0 Å². The van der Waals surface area contributed by atoms with Crippen LogP contribution in [-0.2, 0) is 14.3 Å². The van der Waals surface area contributed by atoms with Gasteiger partial charge in [-0.05, 0) is 46.6 Å². The molecule has 0 spiro atoms. The number of esters is 1. The van der Waals surface area contributed by atoms with Crippen molar-refractivity contribution in [3.63, 3.8) is 0 Å². The van der Waals surface area contributed by atoms with Crippen molar-refractivity contribution in [2.75, 3.05) is 13.2 Å². The lowest BCUT2D eigenvalue weighted by Crippen LogP contribution is -2.36. The van der Waals surface area contributed by atoms with Crippen LogP contribution in [-0.4, -0.2) is 36.3 Å². The first-order valence-corrected chi connectivity index (χ1v) is 10.0. The number of ether oxygens (including phenoxy) is 2. The average Bonchev–Trinajstić information content (AvgIpc) is 3.00. The van der Waals surface area contributed by atoms with E-state index in [4.69, 9.17) is 19.5 Å². The number of hydrogen-bond acceptors (Lipinski definition) is 5. The Bertz CT molecular complexity index is 864. The fourth-order valence-corrected chi connectivity index (χ4v) is 3.94. The van der Waals surface area contributed by atoms with E-state index in [0.29, 0.717) is 19.1 Å². The molecule has 0 N–H and O–H groups in total. The van der Waals surface area contributed by atoms with Crippen LogP contribution in [0.5, 0.6) is 0 Å². The van der Waals surface area contributed by atoms with Gasteiger partial charge in [-0.1, -0.05) is 36.8 Å². The molecule has 0 amide bonds. The number of benzene rings is 1. The Labute approximate surface area is 167 Å². The van der Waals surface area contributed by atoms with E-state index in [-0.39, 0.29) is 17.4 Å². The van der Waals surface area contributed by atoms with Crippen molar-refractivity contribution in [2.45, 2.75) is 59.4 Å². The molecule has 1 aromatic rings. The first-order valence-electron chi connectivity index (χ1n) is 10.0. The summed E-state index contributed by atoms with van der Waals surface area (Å²) in [4.78, 5) is 22.6. The summed E-state index contributed by atoms with van der Waals surface area (Å²) in [5.74, 6) is -0.346. The molecule has 150 valence electrons. The largest absolute Gasteiger partial charge is 0.475 e. The molecule has 2 aliphatic heterocycles. The zero-order valence-electron chi connectivity index (χ0n) is 17.7. The molecule has 5 nitrogen and oxygen atoms in total. The second-order valence-corrected chi connectivity index (χ2v) is 8.11. The topological polar surface area (TPSA) is 60.2 Å². The summed E-state index contributed by atoms with van der Waals surface area (Å²) in [6.45, 7) is 12.8. The third-order valence-corrected chi connectivity index (χ3v) is 5.19. The molecule has 2 unspecified atom stereocenters. The molecule has 3 rings (SSSR count). The Morgan fingerprint density at radius 1 is 1.29 bits per heavy atom. The summed E-state index contributed by atoms with van der Waals surface area (Å²) in [6, 6.07) is 8.28. The first kappa shape index (κ1) is 20.3. The number of allylic oxidation sites excluding steroid dienone is 1. The Kier molecular flexibility index (Phi) is 5.73. The predicted molar refractivity (Wildman–Crippen MR) is 112 cm³/mol.